The summed E-state index contributed by atoms with van der Waals surface area (Å²) < 4.78 is 13.4. The van der Waals surface area contributed by atoms with Crippen LogP contribution in [0.15, 0.2) is 17.5 Å². The van der Waals surface area contributed by atoms with E-state index in [-0.39, 0.29) is 28.6 Å². The number of hydrogen-bond acceptors (Lipinski definition) is 6. The van der Waals surface area contributed by atoms with Crippen LogP contribution in [0.2, 0.25) is 5.02 Å². The Hall–Kier alpha value is -2.26. The second kappa shape index (κ2) is 6.02. The molecule has 0 spiro atoms. The van der Waals surface area contributed by atoms with Gasteiger partial charge in [-0.1, -0.05) is 11.6 Å². The number of thiazole rings is 1. The molecule has 2 N–H and O–H groups in total. The van der Waals surface area contributed by atoms with Gasteiger partial charge >= 0.3 is 5.97 Å². The Labute approximate surface area is 126 Å². The average molecular weight is 332 g/mol. The zero-order valence-electron chi connectivity index (χ0n) is 10.2. The minimum Gasteiger partial charge on any atom is -0.476 e. The molecule has 1 heterocycles. The van der Waals surface area contributed by atoms with Gasteiger partial charge in [-0.25, -0.2) is 14.2 Å². The summed E-state index contributed by atoms with van der Waals surface area (Å²) >= 11 is 6.58. The second-order valence-corrected chi connectivity index (χ2v) is 5.18. The monoisotopic (exact) mass is 331 g/mol. The third kappa shape index (κ3) is 3.44. The second-order valence-electron chi connectivity index (χ2n) is 3.83. The Bertz CT molecular complexity index is 721. The van der Waals surface area contributed by atoms with Crippen molar-refractivity contribution in [3.63, 3.8) is 0 Å². The molecule has 0 aliphatic heterocycles. The summed E-state index contributed by atoms with van der Waals surface area (Å²) in [6.07, 6.45) is 0. The number of hydrogen-bond donors (Lipinski definition) is 2. The molecule has 10 heteroatoms. The summed E-state index contributed by atoms with van der Waals surface area (Å²) in [4.78, 5) is 24.7. The van der Waals surface area contributed by atoms with Crippen LogP contribution in [0, 0.1) is 15.9 Å². The van der Waals surface area contributed by atoms with E-state index in [2.05, 4.69) is 10.3 Å². The van der Waals surface area contributed by atoms with Crippen LogP contribution < -0.4 is 5.32 Å². The first kappa shape index (κ1) is 15.1. The van der Waals surface area contributed by atoms with Gasteiger partial charge in [0.25, 0.3) is 5.69 Å². The number of nitrogens with one attached hydrogen (secondary N) is 1. The first-order valence-electron chi connectivity index (χ1n) is 5.43. The van der Waals surface area contributed by atoms with Crippen molar-refractivity contribution in [1.29, 1.82) is 0 Å². The van der Waals surface area contributed by atoms with E-state index in [1.807, 2.05) is 0 Å². The van der Waals surface area contributed by atoms with Gasteiger partial charge in [-0.3, -0.25) is 10.1 Å². The predicted molar refractivity (Wildman–Crippen MR) is 74.5 cm³/mol. The first-order valence-corrected chi connectivity index (χ1v) is 6.69. The van der Waals surface area contributed by atoms with Crippen molar-refractivity contribution >= 4 is 40.3 Å². The van der Waals surface area contributed by atoms with Gasteiger partial charge in [-0.05, 0) is 0 Å². The number of carboxylic acids is 1. The lowest BCUT2D eigenvalue weighted by atomic mass is 10.2. The number of nitro groups is 1. The summed E-state index contributed by atoms with van der Waals surface area (Å²) in [6, 6.07) is 1.82. The van der Waals surface area contributed by atoms with Crippen molar-refractivity contribution < 1.29 is 19.2 Å². The van der Waals surface area contributed by atoms with Crippen molar-refractivity contribution in [2.45, 2.75) is 6.54 Å². The number of nitrogens with zero attached hydrogens (tertiary/aromatic N) is 2. The Kier molecular flexibility index (Phi) is 4.34. The van der Waals surface area contributed by atoms with Crippen molar-refractivity contribution in [2.24, 2.45) is 0 Å². The topological polar surface area (TPSA) is 105 Å². The highest BCUT2D eigenvalue weighted by molar-refractivity contribution is 7.09. The zero-order valence-corrected chi connectivity index (χ0v) is 11.7. The number of benzene rings is 1. The molecule has 2 rings (SSSR count). The van der Waals surface area contributed by atoms with E-state index >= 15 is 0 Å². The normalized spacial score (nSPS) is 10.4. The van der Waals surface area contributed by atoms with Crippen molar-refractivity contribution in [3.05, 3.63) is 49.2 Å². The molecule has 2 aromatic rings. The Balaban J connectivity index is 2.20. The van der Waals surface area contributed by atoms with Crippen molar-refractivity contribution in [1.82, 2.24) is 4.98 Å². The molecule has 110 valence electrons. The van der Waals surface area contributed by atoms with Gasteiger partial charge < -0.3 is 10.4 Å². The van der Waals surface area contributed by atoms with Crippen LogP contribution in [0.3, 0.4) is 0 Å². The molecule has 0 aliphatic rings. The number of carboxylic acid groups (broad SMARTS) is 1. The summed E-state index contributed by atoms with van der Waals surface area (Å²) in [6.45, 7) is 0.0276. The Morgan fingerprint density at radius 2 is 2.29 bits per heavy atom. The van der Waals surface area contributed by atoms with E-state index < -0.39 is 16.7 Å². The summed E-state index contributed by atoms with van der Waals surface area (Å²) in [7, 11) is 0. The lowest BCUT2D eigenvalue weighted by Crippen LogP contribution is -2.04. The van der Waals surface area contributed by atoms with Gasteiger partial charge in [-0.2, -0.15) is 0 Å². The molecule has 21 heavy (non-hydrogen) atoms. The number of halogens is 2. The fourth-order valence-corrected chi connectivity index (χ4v) is 2.36. The molecule has 1 aromatic carbocycles. The van der Waals surface area contributed by atoms with Crippen LogP contribution in [0.5, 0.6) is 0 Å². The fraction of sp³-hybridized carbons (Fsp3) is 0.0909. The third-order valence-electron chi connectivity index (χ3n) is 2.44. The van der Waals surface area contributed by atoms with Crippen LogP contribution in [0.25, 0.3) is 0 Å². The van der Waals surface area contributed by atoms with E-state index in [0.717, 1.165) is 23.5 Å². The quantitative estimate of drug-likeness (QED) is 0.644. The van der Waals surface area contributed by atoms with E-state index in [4.69, 9.17) is 16.7 Å². The predicted octanol–water partition coefficient (Wildman–Crippen LogP) is 3.15. The van der Waals surface area contributed by atoms with Crippen LogP contribution in [-0.4, -0.2) is 21.0 Å². The molecule has 7 nitrogen and oxygen atoms in total. The standard InChI is InChI=1S/C11H7ClFN3O4S/c12-5-1-9(16(19)20)7(2-6(5)13)14-3-10-15-8(4-21-10)11(17)18/h1-2,4,14H,3H2,(H,17,18). The molecule has 0 saturated heterocycles. The highest BCUT2D eigenvalue weighted by Gasteiger charge is 2.18. The molecule has 0 unspecified atom stereocenters. The molecule has 0 aliphatic carbocycles. The first-order chi connectivity index (χ1) is 9.88. The van der Waals surface area contributed by atoms with E-state index in [1.165, 1.54) is 5.38 Å². The van der Waals surface area contributed by atoms with Gasteiger partial charge in [0.2, 0.25) is 0 Å². The third-order valence-corrected chi connectivity index (χ3v) is 3.57. The number of rotatable bonds is 5. The van der Waals surface area contributed by atoms with Gasteiger partial charge in [0.05, 0.1) is 16.5 Å². The number of aromatic carboxylic acids is 1. The van der Waals surface area contributed by atoms with E-state index in [9.17, 15) is 19.3 Å². The molecule has 0 bridgehead atoms. The van der Waals surface area contributed by atoms with Crippen LogP contribution in [-0.2, 0) is 6.54 Å². The van der Waals surface area contributed by atoms with Gasteiger partial charge in [0.15, 0.2) is 5.69 Å². The minimum absolute atomic E-state index is 0.0276. The summed E-state index contributed by atoms with van der Waals surface area (Å²) in [5.41, 5.74) is -0.557. The van der Waals surface area contributed by atoms with Crippen LogP contribution in [0.4, 0.5) is 15.8 Å². The SMILES string of the molecule is O=C(O)c1csc(CNc2cc(F)c(Cl)cc2[N+](=O)[O-])n1. The molecule has 0 amide bonds. The fourth-order valence-electron chi connectivity index (χ4n) is 1.49. The van der Waals surface area contributed by atoms with Crippen LogP contribution >= 0.6 is 22.9 Å². The van der Waals surface area contributed by atoms with Gasteiger partial charge in [0, 0.05) is 17.5 Å². The van der Waals surface area contributed by atoms with Crippen molar-refractivity contribution in [3.8, 4) is 0 Å². The van der Waals surface area contributed by atoms with Crippen molar-refractivity contribution in [2.75, 3.05) is 5.32 Å². The Morgan fingerprint density at radius 3 is 2.86 bits per heavy atom. The zero-order chi connectivity index (χ0) is 15.6. The molecule has 0 atom stereocenters. The maximum atomic E-state index is 13.4. The maximum Gasteiger partial charge on any atom is 0.355 e. The number of anilines is 1. The average Bonchev–Trinajstić information content (AvgIpc) is 2.88. The highest BCUT2D eigenvalue weighted by atomic mass is 35.5. The molecule has 0 saturated carbocycles. The van der Waals surface area contributed by atoms with Crippen LogP contribution in [0.1, 0.15) is 15.5 Å². The summed E-state index contributed by atoms with van der Waals surface area (Å²) in [5, 5.41) is 23.7. The largest absolute Gasteiger partial charge is 0.476 e. The molecule has 1 aromatic heterocycles. The molecular formula is C11H7ClFN3O4S. The lowest BCUT2D eigenvalue weighted by Gasteiger charge is -2.06. The van der Waals surface area contributed by atoms with E-state index in [0.29, 0.717) is 5.01 Å². The summed E-state index contributed by atoms with van der Waals surface area (Å²) in [5.74, 6) is -1.96. The highest BCUT2D eigenvalue weighted by Crippen LogP contribution is 2.30. The number of nitro benzene ring substituents is 1. The Morgan fingerprint density at radius 1 is 1.57 bits per heavy atom. The minimum atomic E-state index is -1.17. The lowest BCUT2D eigenvalue weighted by molar-refractivity contribution is -0.384. The molecule has 0 radical (unpaired) electrons. The smallest absolute Gasteiger partial charge is 0.355 e. The van der Waals surface area contributed by atoms with Gasteiger partial charge in [0.1, 0.15) is 16.5 Å². The van der Waals surface area contributed by atoms with E-state index in [1.54, 1.807) is 0 Å². The number of aromatic nitrogens is 1. The molecular weight excluding hydrogens is 325 g/mol. The van der Waals surface area contributed by atoms with Gasteiger partial charge in [-0.15, -0.1) is 11.3 Å². The molecule has 0 fully saturated rings. The number of carbonyl (C=O) groups is 1. The maximum absolute atomic E-state index is 13.4.